The summed E-state index contributed by atoms with van der Waals surface area (Å²) in [7, 11) is -3.89. The summed E-state index contributed by atoms with van der Waals surface area (Å²) in [5.41, 5.74) is 0.171. The normalized spacial score (nSPS) is 13.1. The summed E-state index contributed by atoms with van der Waals surface area (Å²) in [6, 6.07) is 18.8. The van der Waals surface area contributed by atoms with E-state index in [4.69, 9.17) is 13.9 Å². The molecular weight excluding hydrogens is 472 g/mol. The summed E-state index contributed by atoms with van der Waals surface area (Å²) in [4.78, 5) is 24.8. The van der Waals surface area contributed by atoms with E-state index in [0.29, 0.717) is 53.5 Å². The number of ether oxygens (including phenoxy) is 2. The van der Waals surface area contributed by atoms with Crippen LogP contribution in [-0.4, -0.2) is 27.5 Å². The molecule has 35 heavy (non-hydrogen) atoms. The molecular formula is C25H20N2O7S. The number of nitrogens with one attached hydrogen (secondary N) is 2. The summed E-state index contributed by atoms with van der Waals surface area (Å²) >= 11 is 0. The Bertz CT molecular complexity index is 1580. The van der Waals surface area contributed by atoms with Crippen LogP contribution in [-0.2, 0) is 10.0 Å². The molecule has 9 nitrogen and oxygen atoms in total. The van der Waals surface area contributed by atoms with E-state index in [1.54, 1.807) is 30.3 Å². The maximum absolute atomic E-state index is 12.8. The molecule has 4 aromatic rings. The van der Waals surface area contributed by atoms with Crippen LogP contribution in [0.1, 0.15) is 16.8 Å². The van der Waals surface area contributed by atoms with Crippen molar-refractivity contribution in [1.29, 1.82) is 0 Å². The average Bonchev–Trinajstić information content (AvgIpc) is 3.09. The van der Waals surface area contributed by atoms with Gasteiger partial charge in [0, 0.05) is 29.2 Å². The standard InChI is InChI=1S/C25H20N2O7S/c28-24(20-14-16-4-1-2-5-21(16)34-25(20)29)26-17-6-8-18(9-7-17)27-35(30,31)19-10-11-22-23(15-19)33-13-3-12-32-22/h1-2,4-11,14-15,27H,3,12-13H2,(H,26,28). The largest absolute Gasteiger partial charge is 0.490 e. The average molecular weight is 493 g/mol. The van der Waals surface area contributed by atoms with E-state index in [0.717, 1.165) is 0 Å². The molecule has 0 atom stereocenters. The molecule has 0 saturated carbocycles. The first-order chi connectivity index (χ1) is 16.9. The van der Waals surface area contributed by atoms with Crippen molar-refractivity contribution in [2.75, 3.05) is 23.3 Å². The van der Waals surface area contributed by atoms with Gasteiger partial charge in [0.05, 0.1) is 18.1 Å². The lowest BCUT2D eigenvalue weighted by Crippen LogP contribution is -2.20. The zero-order chi connectivity index (χ0) is 24.4. The fourth-order valence-electron chi connectivity index (χ4n) is 3.57. The van der Waals surface area contributed by atoms with Gasteiger partial charge in [-0.05, 0) is 48.5 Å². The van der Waals surface area contributed by atoms with E-state index in [9.17, 15) is 18.0 Å². The van der Waals surface area contributed by atoms with Gasteiger partial charge in [0.1, 0.15) is 11.1 Å². The summed E-state index contributed by atoms with van der Waals surface area (Å²) in [5.74, 6) is 0.244. The van der Waals surface area contributed by atoms with Crippen molar-refractivity contribution in [2.45, 2.75) is 11.3 Å². The number of carbonyl (C=O) groups excluding carboxylic acids is 1. The fraction of sp³-hybridized carbons (Fsp3) is 0.120. The van der Waals surface area contributed by atoms with Crippen molar-refractivity contribution in [3.63, 3.8) is 0 Å². The molecule has 1 aromatic heterocycles. The second-order valence-electron chi connectivity index (χ2n) is 7.78. The number of para-hydroxylation sites is 1. The lowest BCUT2D eigenvalue weighted by molar-refractivity contribution is 0.102. The lowest BCUT2D eigenvalue weighted by atomic mass is 10.1. The van der Waals surface area contributed by atoms with Crippen LogP contribution in [0.25, 0.3) is 11.0 Å². The van der Waals surface area contributed by atoms with Crippen LogP contribution in [0.15, 0.2) is 86.9 Å². The molecule has 0 radical (unpaired) electrons. The number of rotatable bonds is 5. The number of sulfonamides is 1. The molecule has 178 valence electrons. The number of fused-ring (bicyclic) bond motifs is 2. The third-order valence-electron chi connectivity index (χ3n) is 5.31. The second kappa shape index (κ2) is 9.15. The van der Waals surface area contributed by atoms with Crippen molar-refractivity contribution in [3.8, 4) is 11.5 Å². The van der Waals surface area contributed by atoms with Crippen molar-refractivity contribution in [2.24, 2.45) is 0 Å². The van der Waals surface area contributed by atoms with E-state index in [1.165, 1.54) is 42.5 Å². The van der Waals surface area contributed by atoms with Gasteiger partial charge in [-0.25, -0.2) is 13.2 Å². The molecule has 0 bridgehead atoms. The van der Waals surface area contributed by atoms with Crippen LogP contribution in [0.4, 0.5) is 11.4 Å². The Morgan fingerprint density at radius 1 is 0.829 bits per heavy atom. The van der Waals surface area contributed by atoms with E-state index in [2.05, 4.69) is 10.0 Å². The van der Waals surface area contributed by atoms with Crippen molar-refractivity contribution in [1.82, 2.24) is 0 Å². The van der Waals surface area contributed by atoms with Gasteiger partial charge in [-0.15, -0.1) is 0 Å². The molecule has 1 aliphatic rings. The van der Waals surface area contributed by atoms with Gasteiger partial charge in [0.25, 0.3) is 15.9 Å². The minimum Gasteiger partial charge on any atom is -0.490 e. The Morgan fingerprint density at radius 2 is 1.54 bits per heavy atom. The van der Waals surface area contributed by atoms with Gasteiger partial charge in [0.15, 0.2) is 11.5 Å². The molecule has 0 spiro atoms. The Labute approximate surface area is 200 Å². The fourth-order valence-corrected chi connectivity index (χ4v) is 4.64. The number of hydrogen-bond acceptors (Lipinski definition) is 7. The van der Waals surface area contributed by atoms with Crippen LogP contribution in [0.5, 0.6) is 11.5 Å². The van der Waals surface area contributed by atoms with E-state index >= 15 is 0 Å². The number of carbonyl (C=O) groups is 1. The third-order valence-corrected chi connectivity index (χ3v) is 6.69. The molecule has 0 aliphatic carbocycles. The Balaban J connectivity index is 1.30. The number of anilines is 2. The topological polar surface area (TPSA) is 124 Å². The van der Waals surface area contributed by atoms with Crippen LogP contribution in [0, 0.1) is 0 Å². The van der Waals surface area contributed by atoms with Crippen LogP contribution in [0.2, 0.25) is 0 Å². The monoisotopic (exact) mass is 492 g/mol. The highest BCUT2D eigenvalue weighted by Crippen LogP contribution is 2.32. The zero-order valence-corrected chi connectivity index (χ0v) is 19.1. The predicted octanol–water partition coefficient (Wildman–Crippen LogP) is 4.01. The smallest absolute Gasteiger partial charge is 0.349 e. The molecule has 0 fully saturated rings. The van der Waals surface area contributed by atoms with Gasteiger partial charge < -0.3 is 19.2 Å². The summed E-state index contributed by atoms with van der Waals surface area (Å²) in [6.07, 6.45) is 0.712. The molecule has 1 amide bonds. The molecule has 0 unspecified atom stereocenters. The summed E-state index contributed by atoms with van der Waals surface area (Å²) in [5, 5.41) is 3.24. The molecule has 3 aromatic carbocycles. The Morgan fingerprint density at radius 3 is 2.34 bits per heavy atom. The minimum absolute atomic E-state index is 0.0298. The first-order valence-corrected chi connectivity index (χ1v) is 12.2. The third kappa shape index (κ3) is 4.82. The first kappa shape index (κ1) is 22.5. The summed E-state index contributed by atoms with van der Waals surface area (Å²) < 4.78 is 44.5. The van der Waals surface area contributed by atoms with Crippen LogP contribution < -0.4 is 25.1 Å². The number of hydrogen-bond donors (Lipinski definition) is 2. The Kier molecular flexibility index (Phi) is 5.87. The molecule has 10 heteroatoms. The van der Waals surface area contributed by atoms with E-state index in [-0.39, 0.29) is 10.5 Å². The molecule has 5 rings (SSSR count). The first-order valence-electron chi connectivity index (χ1n) is 10.8. The van der Waals surface area contributed by atoms with E-state index in [1.807, 2.05) is 0 Å². The quantitative estimate of drug-likeness (QED) is 0.404. The molecule has 0 saturated heterocycles. The van der Waals surface area contributed by atoms with Gasteiger partial charge in [0.2, 0.25) is 0 Å². The van der Waals surface area contributed by atoms with Crippen molar-refractivity contribution >= 4 is 38.3 Å². The molecule has 2 heterocycles. The second-order valence-corrected chi connectivity index (χ2v) is 9.46. The predicted molar refractivity (Wildman–Crippen MR) is 130 cm³/mol. The van der Waals surface area contributed by atoms with Crippen LogP contribution >= 0.6 is 0 Å². The Hall–Kier alpha value is -4.31. The van der Waals surface area contributed by atoms with Gasteiger partial charge in [-0.1, -0.05) is 18.2 Å². The van der Waals surface area contributed by atoms with E-state index < -0.39 is 21.6 Å². The molecule has 1 aliphatic heterocycles. The maximum Gasteiger partial charge on any atom is 0.349 e. The van der Waals surface area contributed by atoms with Crippen LogP contribution in [0.3, 0.4) is 0 Å². The highest BCUT2D eigenvalue weighted by Gasteiger charge is 2.19. The summed E-state index contributed by atoms with van der Waals surface area (Å²) in [6.45, 7) is 0.949. The van der Waals surface area contributed by atoms with Crippen molar-refractivity contribution in [3.05, 3.63) is 88.8 Å². The number of benzene rings is 3. The molecule has 2 N–H and O–H groups in total. The van der Waals surface area contributed by atoms with Gasteiger partial charge in [-0.3, -0.25) is 9.52 Å². The van der Waals surface area contributed by atoms with Gasteiger partial charge in [-0.2, -0.15) is 0 Å². The maximum atomic E-state index is 12.8. The highest BCUT2D eigenvalue weighted by atomic mass is 32.2. The lowest BCUT2D eigenvalue weighted by Gasteiger charge is -2.12. The number of amides is 1. The van der Waals surface area contributed by atoms with Gasteiger partial charge >= 0.3 is 5.63 Å². The van der Waals surface area contributed by atoms with Crippen molar-refractivity contribution < 1.29 is 27.1 Å². The highest BCUT2D eigenvalue weighted by molar-refractivity contribution is 7.92. The zero-order valence-electron chi connectivity index (χ0n) is 18.3. The SMILES string of the molecule is O=C(Nc1ccc(NS(=O)(=O)c2ccc3c(c2)OCCCO3)cc1)c1cc2ccccc2oc1=O. The minimum atomic E-state index is -3.89.